The smallest absolute Gasteiger partial charge is 0.271 e. The van der Waals surface area contributed by atoms with Crippen molar-refractivity contribution in [1.82, 2.24) is 15.1 Å². The van der Waals surface area contributed by atoms with Crippen molar-refractivity contribution in [1.29, 1.82) is 0 Å². The average Bonchev–Trinajstić information content (AvgIpc) is 3.20. The van der Waals surface area contributed by atoms with Crippen molar-refractivity contribution in [2.75, 3.05) is 14.2 Å². The van der Waals surface area contributed by atoms with E-state index < -0.39 is 11.9 Å². The fourth-order valence-electron chi connectivity index (χ4n) is 3.18. The van der Waals surface area contributed by atoms with Gasteiger partial charge in [-0.15, -0.1) is 0 Å². The predicted octanol–water partition coefficient (Wildman–Crippen LogP) is 1.83. The Balaban J connectivity index is 1.78. The van der Waals surface area contributed by atoms with E-state index in [1.54, 1.807) is 32.4 Å². The number of ether oxygens (including phenoxy) is 1. The first-order valence-corrected chi connectivity index (χ1v) is 7.81. The molecule has 7 heteroatoms. The fraction of sp³-hybridized carbons (Fsp3) is 0.412. The number of carbonyl (C=O) groups excluding carboxylic acids is 1. The van der Waals surface area contributed by atoms with Crippen molar-refractivity contribution in [2.45, 2.75) is 31.1 Å². The van der Waals surface area contributed by atoms with Crippen molar-refractivity contribution >= 4 is 5.91 Å². The van der Waals surface area contributed by atoms with E-state index in [1.807, 2.05) is 0 Å². The normalized spacial score (nSPS) is 23.4. The average molecular weight is 333 g/mol. The summed E-state index contributed by atoms with van der Waals surface area (Å²) in [4.78, 5) is 14.1. The molecule has 24 heavy (non-hydrogen) atoms. The molecule has 1 aliphatic rings. The third kappa shape index (κ3) is 2.92. The number of nitrogens with one attached hydrogen (secondary N) is 1. The molecule has 0 aliphatic heterocycles. The molecule has 1 fully saturated rings. The molecule has 1 saturated carbocycles. The summed E-state index contributed by atoms with van der Waals surface area (Å²) in [7, 11) is 3.19. The molecule has 1 heterocycles. The molecule has 1 aliphatic carbocycles. The van der Waals surface area contributed by atoms with E-state index >= 15 is 0 Å². The molecule has 2 aromatic rings. The van der Waals surface area contributed by atoms with Crippen LogP contribution in [0.15, 0.2) is 30.3 Å². The third-order valence-corrected chi connectivity index (χ3v) is 4.60. The third-order valence-electron chi connectivity index (χ3n) is 4.60. The lowest BCUT2D eigenvalue weighted by Gasteiger charge is -2.27. The van der Waals surface area contributed by atoms with Crippen molar-refractivity contribution in [2.24, 2.45) is 0 Å². The standard InChI is InChI=1S/C17H20FN3O3/c1-21(14-7-8-15(24-2)16(14)22)17(23)13-9-12(19-20-13)10-5-3-4-6-11(10)18/h3-6,9,14-16,22H,7-8H2,1-2H3,(H,19,20)/t14-,15-,16-/m1/s1. The lowest BCUT2D eigenvalue weighted by molar-refractivity contribution is -0.0157. The first-order valence-electron chi connectivity index (χ1n) is 7.81. The minimum absolute atomic E-state index is 0.254. The van der Waals surface area contributed by atoms with Crippen molar-refractivity contribution in [3.05, 3.63) is 41.8 Å². The quantitative estimate of drug-likeness (QED) is 0.895. The van der Waals surface area contributed by atoms with Gasteiger partial charge in [-0.05, 0) is 31.0 Å². The number of aliphatic hydroxyl groups is 1. The summed E-state index contributed by atoms with van der Waals surface area (Å²) < 4.78 is 19.0. The zero-order valence-corrected chi connectivity index (χ0v) is 13.6. The molecule has 0 bridgehead atoms. The molecule has 0 unspecified atom stereocenters. The van der Waals surface area contributed by atoms with E-state index in [0.717, 1.165) is 0 Å². The van der Waals surface area contributed by atoms with Crippen LogP contribution in [0.3, 0.4) is 0 Å². The number of aromatic amines is 1. The van der Waals surface area contributed by atoms with Crippen LogP contribution >= 0.6 is 0 Å². The number of hydrogen-bond donors (Lipinski definition) is 2. The van der Waals surface area contributed by atoms with Gasteiger partial charge in [0.1, 0.15) is 17.6 Å². The van der Waals surface area contributed by atoms with Gasteiger partial charge in [-0.2, -0.15) is 5.10 Å². The first-order chi connectivity index (χ1) is 11.5. The second kappa shape index (κ2) is 6.70. The van der Waals surface area contributed by atoms with Crippen LogP contribution < -0.4 is 0 Å². The molecule has 128 valence electrons. The summed E-state index contributed by atoms with van der Waals surface area (Å²) in [6.45, 7) is 0. The molecule has 6 nitrogen and oxygen atoms in total. The van der Waals surface area contributed by atoms with Crippen LogP contribution in [0.5, 0.6) is 0 Å². The molecular formula is C17H20FN3O3. The molecular weight excluding hydrogens is 313 g/mol. The monoisotopic (exact) mass is 333 g/mol. The Morgan fingerprint density at radius 2 is 2.17 bits per heavy atom. The first kappa shape index (κ1) is 16.6. The largest absolute Gasteiger partial charge is 0.388 e. The number of H-pyrrole nitrogens is 1. The summed E-state index contributed by atoms with van der Waals surface area (Å²) in [6.07, 6.45) is 0.374. The Hall–Kier alpha value is -2.25. The summed E-state index contributed by atoms with van der Waals surface area (Å²) in [5, 5.41) is 16.9. The molecule has 3 rings (SSSR count). The number of halogens is 1. The number of benzene rings is 1. The summed E-state index contributed by atoms with van der Waals surface area (Å²) in [6, 6.07) is 7.46. The Kier molecular flexibility index (Phi) is 4.64. The minimum Gasteiger partial charge on any atom is -0.388 e. The highest BCUT2D eigenvalue weighted by molar-refractivity contribution is 5.93. The van der Waals surface area contributed by atoms with Crippen molar-refractivity contribution in [3.63, 3.8) is 0 Å². The van der Waals surface area contributed by atoms with Crippen LogP contribution in [-0.2, 0) is 4.74 Å². The van der Waals surface area contributed by atoms with Gasteiger partial charge in [-0.25, -0.2) is 4.39 Å². The highest BCUT2D eigenvalue weighted by Crippen LogP contribution is 2.27. The summed E-state index contributed by atoms with van der Waals surface area (Å²) in [5.41, 5.74) is 0.950. The Bertz CT molecular complexity index is 733. The van der Waals surface area contributed by atoms with Crippen molar-refractivity contribution in [3.8, 4) is 11.3 Å². The predicted molar refractivity (Wildman–Crippen MR) is 85.9 cm³/mol. The number of aromatic nitrogens is 2. The summed E-state index contributed by atoms with van der Waals surface area (Å²) >= 11 is 0. The lowest BCUT2D eigenvalue weighted by atomic mass is 10.1. The zero-order valence-electron chi connectivity index (χ0n) is 13.6. The van der Waals surface area contributed by atoms with Crippen LogP contribution in [0.2, 0.25) is 0 Å². The van der Waals surface area contributed by atoms with E-state index in [2.05, 4.69) is 10.2 Å². The molecule has 0 saturated heterocycles. The van der Waals surface area contributed by atoms with Crippen LogP contribution in [0.4, 0.5) is 4.39 Å². The number of rotatable bonds is 4. The van der Waals surface area contributed by atoms with Gasteiger partial charge in [-0.1, -0.05) is 12.1 Å². The maximum atomic E-state index is 13.8. The summed E-state index contributed by atoms with van der Waals surface area (Å²) in [5.74, 6) is -0.698. The van der Waals surface area contributed by atoms with Gasteiger partial charge in [0, 0.05) is 19.7 Å². The highest BCUT2D eigenvalue weighted by atomic mass is 19.1. The van der Waals surface area contributed by atoms with Gasteiger partial charge in [0.2, 0.25) is 0 Å². The maximum Gasteiger partial charge on any atom is 0.271 e. The van der Waals surface area contributed by atoms with Crippen LogP contribution in [-0.4, -0.2) is 58.5 Å². The van der Waals surface area contributed by atoms with E-state index in [4.69, 9.17) is 4.74 Å². The van der Waals surface area contributed by atoms with E-state index in [-0.39, 0.29) is 23.7 Å². The Labute approximate surface area is 139 Å². The minimum atomic E-state index is -0.724. The highest BCUT2D eigenvalue weighted by Gasteiger charge is 2.39. The van der Waals surface area contributed by atoms with Crippen molar-refractivity contribution < 1.29 is 19.0 Å². The fourth-order valence-corrected chi connectivity index (χ4v) is 3.18. The van der Waals surface area contributed by atoms with Gasteiger partial charge in [0.15, 0.2) is 0 Å². The number of aliphatic hydroxyl groups excluding tert-OH is 1. The maximum absolute atomic E-state index is 13.8. The lowest BCUT2D eigenvalue weighted by Crippen LogP contribution is -2.44. The zero-order chi connectivity index (χ0) is 17.3. The van der Waals surface area contributed by atoms with Crippen LogP contribution in [0.25, 0.3) is 11.3 Å². The van der Waals surface area contributed by atoms with Gasteiger partial charge >= 0.3 is 0 Å². The molecule has 2 N–H and O–H groups in total. The van der Waals surface area contributed by atoms with Gasteiger partial charge in [-0.3, -0.25) is 9.89 Å². The number of hydrogen-bond acceptors (Lipinski definition) is 4. The molecule has 0 radical (unpaired) electrons. The number of likely N-dealkylation sites (N-methyl/N-ethyl adjacent to an activating group) is 1. The van der Waals surface area contributed by atoms with Crippen LogP contribution in [0.1, 0.15) is 23.3 Å². The Morgan fingerprint density at radius 3 is 2.83 bits per heavy atom. The molecule has 1 aromatic heterocycles. The van der Waals surface area contributed by atoms with Gasteiger partial charge in [0.05, 0.1) is 17.8 Å². The molecule has 0 spiro atoms. The van der Waals surface area contributed by atoms with Gasteiger partial charge < -0.3 is 14.7 Å². The van der Waals surface area contributed by atoms with Gasteiger partial charge in [0.25, 0.3) is 5.91 Å². The Morgan fingerprint density at radius 1 is 1.42 bits per heavy atom. The molecule has 3 atom stereocenters. The van der Waals surface area contributed by atoms with E-state index in [1.165, 1.54) is 17.0 Å². The molecule has 1 amide bonds. The second-order valence-corrected chi connectivity index (χ2v) is 5.97. The number of methoxy groups -OCH3 is 1. The topological polar surface area (TPSA) is 78.5 Å². The SMILES string of the molecule is CO[C@@H]1CC[C@@H](N(C)C(=O)c2cc(-c3ccccc3F)n[nH]2)[C@H]1O. The number of amides is 1. The number of nitrogens with zero attached hydrogens (tertiary/aromatic N) is 2. The van der Waals surface area contributed by atoms with E-state index in [0.29, 0.717) is 24.1 Å². The van der Waals surface area contributed by atoms with Crippen LogP contribution in [0, 0.1) is 5.82 Å². The molecule has 1 aromatic carbocycles. The number of carbonyl (C=O) groups is 1. The van der Waals surface area contributed by atoms with E-state index in [9.17, 15) is 14.3 Å². The second-order valence-electron chi connectivity index (χ2n) is 5.97.